The summed E-state index contributed by atoms with van der Waals surface area (Å²) in [7, 11) is 1.68. The third-order valence-electron chi connectivity index (χ3n) is 2.94. The number of aryl methyl sites for hydroxylation is 1. The molecule has 2 aromatic rings. The molecule has 96 valence electrons. The predicted octanol–water partition coefficient (Wildman–Crippen LogP) is 3.30. The van der Waals surface area contributed by atoms with Crippen molar-refractivity contribution in [2.45, 2.75) is 19.9 Å². The molecule has 0 aliphatic carbocycles. The van der Waals surface area contributed by atoms with E-state index in [-0.39, 0.29) is 6.04 Å². The summed E-state index contributed by atoms with van der Waals surface area (Å²) in [6.07, 6.45) is 1.81. The summed E-state index contributed by atoms with van der Waals surface area (Å²) >= 11 is 0. The highest BCUT2D eigenvalue weighted by atomic mass is 16.5. The van der Waals surface area contributed by atoms with Crippen molar-refractivity contribution in [2.24, 2.45) is 0 Å². The van der Waals surface area contributed by atoms with Crippen LogP contribution in [0.2, 0.25) is 0 Å². The monoisotopic (exact) mass is 245 g/mol. The Hall–Kier alpha value is -1.74. The summed E-state index contributed by atoms with van der Waals surface area (Å²) in [4.78, 5) is 0. The van der Waals surface area contributed by atoms with E-state index in [2.05, 4.69) is 30.4 Å². The van der Waals surface area contributed by atoms with E-state index in [1.807, 2.05) is 25.3 Å². The largest absolute Gasteiger partial charge is 0.497 e. The Bertz CT molecular complexity index is 487. The third-order valence-corrected chi connectivity index (χ3v) is 2.94. The molecule has 3 nitrogen and oxygen atoms in total. The molecule has 1 aromatic heterocycles. The first-order valence-corrected chi connectivity index (χ1v) is 6.17. The first-order chi connectivity index (χ1) is 8.74. The second kappa shape index (κ2) is 5.74. The molecule has 1 heterocycles. The molecule has 18 heavy (non-hydrogen) atoms. The lowest BCUT2D eigenvalue weighted by molar-refractivity contribution is 0.414. The van der Waals surface area contributed by atoms with Crippen molar-refractivity contribution in [1.82, 2.24) is 5.32 Å². The van der Waals surface area contributed by atoms with Crippen molar-refractivity contribution in [1.29, 1.82) is 0 Å². The number of ether oxygens (including phenoxy) is 1. The second-order valence-corrected chi connectivity index (χ2v) is 4.25. The van der Waals surface area contributed by atoms with Gasteiger partial charge in [0.15, 0.2) is 0 Å². The maximum Gasteiger partial charge on any atom is 0.118 e. The SMILES string of the molecule is CCNC(c1ccc(OC)cc1)c1coc(C)c1. The van der Waals surface area contributed by atoms with Gasteiger partial charge >= 0.3 is 0 Å². The van der Waals surface area contributed by atoms with Gasteiger partial charge in [-0.3, -0.25) is 0 Å². The summed E-state index contributed by atoms with van der Waals surface area (Å²) in [5, 5.41) is 3.47. The Morgan fingerprint density at radius 2 is 1.94 bits per heavy atom. The van der Waals surface area contributed by atoms with Gasteiger partial charge in [0.25, 0.3) is 0 Å². The van der Waals surface area contributed by atoms with E-state index in [0.29, 0.717) is 0 Å². The number of methoxy groups -OCH3 is 1. The predicted molar refractivity (Wildman–Crippen MR) is 72.0 cm³/mol. The van der Waals surface area contributed by atoms with Gasteiger partial charge in [-0.25, -0.2) is 0 Å². The molecular weight excluding hydrogens is 226 g/mol. The number of hydrogen-bond donors (Lipinski definition) is 1. The lowest BCUT2D eigenvalue weighted by atomic mass is 10.0. The van der Waals surface area contributed by atoms with Gasteiger partial charge in [0.05, 0.1) is 19.4 Å². The molecule has 3 heteroatoms. The van der Waals surface area contributed by atoms with Gasteiger partial charge in [-0.15, -0.1) is 0 Å². The van der Waals surface area contributed by atoms with Crippen LogP contribution in [-0.4, -0.2) is 13.7 Å². The average molecular weight is 245 g/mol. The Morgan fingerprint density at radius 1 is 1.22 bits per heavy atom. The minimum Gasteiger partial charge on any atom is -0.497 e. The minimum atomic E-state index is 0.165. The molecule has 0 saturated carbocycles. The molecule has 0 amide bonds. The molecule has 1 aromatic carbocycles. The van der Waals surface area contributed by atoms with Gasteiger partial charge in [0, 0.05) is 5.56 Å². The number of benzene rings is 1. The van der Waals surface area contributed by atoms with Crippen molar-refractivity contribution >= 4 is 0 Å². The quantitative estimate of drug-likeness (QED) is 0.877. The number of hydrogen-bond acceptors (Lipinski definition) is 3. The molecule has 0 aliphatic rings. The summed E-state index contributed by atoms with van der Waals surface area (Å²) in [5.74, 6) is 1.80. The highest BCUT2D eigenvalue weighted by Crippen LogP contribution is 2.25. The molecule has 2 rings (SSSR count). The molecule has 1 atom stereocenters. The van der Waals surface area contributed by atoms with Crippen molar-refractivity contribution < 1.29 is 9.15 Å². The zero-order chi connectivity index (χ0) is 13.0. The van der Waals surface area contributed by atoms with Gasteiger partial charge in [0.1, 0.15) is 11.5 Å². The van der Waals surface area contributed by atoms with E-state index in [1.165, 1.54) is 5.56 Å². The first kappa shape index (κ1) is 12.7. The van der Waals surface area contributed by atoms with Gasteiger partial charge in [-0.2, -0.15) is 0 Å². The zero-order valence-electron chi connectivity index (χ0n) is 11.1. The van der Waals surface area contributed by atoms with Crippen LogP contribution in [0.3, 0.4) is 0 Å². The van der Waals surface area contributed by atoms with Crippen LogP contribution in [0, 0.1) is 6.92 Å². The minimum absolute atomic E-state index is 0.165. The molecule has 0 radical (unpaired) electrons. The zero-order valence-corrected chi connectivity index (χ0v) is 11.1. The summed E-state index contributed by atoms with van der Waals surface area (Å²) in [6.45, 7) is 4.96. The van der Waals surface area contributed by atoms with E-state index in [1.54, 1.807) is 7.11 Å². The molecule has 0 fully saturated rings. The fraction of sp³-hybridized carbons (Fsp3) is 0.333. The van der Waals surface area contributed by atoms with E-state index in [9.17, 15) is 0 Å². The van der Waals surface area contributed by atoms with Crippen molar-refractivity contribution in [3.8, 4) is 5.75 Å². The smallest absolute Gasteiger partial charge is 0.118 e. The van der Waals surface area contributed by atoms with Crippen molar-refractivity contribution in [3.05, 3.63) is 53.5 Å². The van der Waals surface area contributed by atoms with Crippen molar-refractivity contribution in [2.75, 3.05) is 13.7 Å². The van der Waals surface area contributed by atoms with Crippen LogP contribution >= 0.6 is 0 Å². The normalized spacial score (nSPS) is 12.4. The van der Waals surface area contributed by atoms with Crippen LogP contribution in [0.15, 0.2) is 41.0 Å². The van der Waals surface area contributed by atoms with Gasteiger partial charge in [-0.1, -0.05) is 19.1 Å². The van der Waals surface area contributed by atoms with Crippen LogP contribution in [0.5, 0.6) is 5.75 Å². The molecule has 1 N–H and O–H groups in total. The topological polar surface area (TPSA) is 34.4 Å². The van der Waals surface area contributed by atoms with E-state index >= 15 is 0 Å². The second-order valence-electron chi connectivity index (χ2n) is 4.25. The Kier molecular flexibility index (Phi) is 4.05. The van der Waals surface area contributed by atoms with Crippen LogP contribution < -0.4 is 10.1 Å². The van der Waals surface area contributed by atoms with Crippen LogP contribution in [0.4, 0.5) is 0 Å². The maximum atomic E-state index is 5.39. The lowest BCUT2D eigenvalue weighted by Crippen LogP contribution is -2.21. The van der Waals surface area contributed by atoms with E-state index < -0.39 is 0 Å². The summed E-state index contributed by atoms with van der Waals surface area (Å²) in [5.41, 5.74) is 2.36. The summed E-state index contributed by atoms with van der Waals surface area (Å²) in [6, 6.07) is 10.3. The maximum absolute atomic E-state index is 5.39. The third kappa shape index (κ3) is 2.74. The highest BCUT2D eigenvalue weighted by molar-refractivity contribution is 5.34. The van der Waals surface area contributed by atoms with E-state index in [0.717, 1.165) is 23.6 Å². The Morgan fingerprint density at radius 3 is 2.44 bits per heavy atom. The van der Waals surface area contributed by atoms with Crippen LogP contribution in [0.25, 0.3) is 0 Å². The molecule has 0 spiro atoms. The number of rotatable bonds is 5. The highest BCUT2D eigenvalue weighted by Gasteiger charge is 2.14. The van der Waals surface area contributed by atoms with Crippen LogP contribution in [0.1, 0.15) is 29.9 Å². The first-order valence-electron chi connectivity index (χ1n) is 6.17. The Labute approximate surface area is 108 Å². The molecular formula is C15H19NO2. The number of furan rings is 1. The van der Waals surface area contributed by atoms with Gasteiger partial charge in [0.2, 0.25) is 0 Å². The molecule has 0 bridgehead atoms. The number of nitrogens with one attached hydrogen (secondary N) is 1. The van der Waals surface area contributed by atoms with E-state index in [4.69, 9.17) is 9.15 Å². The van der Waals surface area contributed by atoms with Gasteiger partial charge < -0.3 is 14.5 Å². The standard InChI is InChI=1S/C15H19NO2/c1-4-16-15(13-9-11(2)18-10-13)12-5-7-14(17-3)8-6-12/h5-10,15-16H,4H2,1-3H3. The molecule has 1 unspecified atom stereocenters. The Balaban J connectivity index is 2.28. The molecule has 0 saturated heterocycles. The fourth-order valence-electron chi connectivity index (χ4n) is 2.04. The van der Waals surface area contributed by atoms with Gasteiger partial charge in [-0.05, 0) is 37.2 Å². The molecule has 0 aliphatic heterocycles. The lowest BCUT2D eigenvalue weighted by Gasteiger charge is -2.17. The average Bonchev–Trinajstić information content (AvgIpc) is 2.82. The van der Waals surface area contributed by atoms with Crippen LogP contribution in [-0.2, 0) is 0 Å². The summed E-state index contributed by atoms with van der Waals surface area (Å²) < 4.78 is 10.6. The fourth-order valence-corrected chi connectivity index (χ4v) is 2.04. The van der Waals surface area contributed by atoms with Crippen molar-refractivity contribution in [3.63, 3.8) is 0 Å².